The summed E-state index contributed by atoms with van der Waals surface area (Å²) in [4.78, 5) is 37.2. The number of carbonyl (C=O) groups is 1. The molecule has 1 aliphatic heterocycles. The number of hydrogen-bond donors (Lipinski definition) is 2. The van der Waals surface area contributed by atoms with Gasteiger partial charge >= 0.3 is 0 Å². The summed E-state index contributed by atoms with van der Waals surface area (Å²) in [5, 5.41) is 17.8. The fraction of sp³-hybridized carbons (Fsp3) is 0.381. The number of carbonyl (C=O) groups excluding carboxylic acids is 1. The number of nitrogens with one attached hydrogen (secondary N) is 1. The fourth-order valence-electron chi connectivity index (χ4n) is 3.88. The van der Waals surface area contributed by atoms with Crippen LogP contribution in [0.2, 0.25) is 0 Å². The van der Waals surface area contributed by atoms with Crippen LogP contribution in [0, 0.1) is 0 Å². The second-order valence-corrected chi connectivity index (χ2v) is 7.68. The van der Waals surface area contributed by atoms with Gasteiger partial charge in [0.25, 0.3) is 5.56 Å². The predicted octanol–water partition coefficient (Wildman–Crippen LogP) is -0.0403. The lowest BCUT2D eigenvalue weighted by molar-refractivity contribution is -0.129. The van der Waals surface area contributed by atoms with Crippen molar-refractivity contribution in [1.82, 2.24) is 34.1 Å². The van der Waals surface area contributed by atoms with Crippen LogP contribution in [0.3, 0.4) is 0 Å². The van der Waals surface area contributed by atoms with Gasteiger partial charge in [0.2, 0.25) is 11.9 Å². The highest BCUT2D eigenvalue weighted by atomic mass is 16.3. The van der Waals surface area contributed by atoms with Gasteiger partial charge in [0.1, 0.15) is 5.65 Å². The third-order valence-electron chi connectivity index (χ3n) is 5.60. The van der Waals surface area contributed by atoms with Crippen LogP contribution >= 0.6 is 0 Å². The van der Waals surface area contributed by atoms with Crippen LogP contribution < -0.4 is 10.9 Å². The third kappa shape index (κ3) is 4.53. The number of pyridine rings is 1. The van der Waals surface area contributed by atoms with Gasteiger partial charge in [-0.15, -0.1) is 0 Å². The minimum Gasteiger partial charge on any atom is -0.395 e. The molecule has 0 bridgehead atoms. The predicted molar refractivity (Wildman–Crippen MR) is 120 cm³/mol. The maximum Gasteiger partial charge on any atom is 0.252 e. The molecule has 1 aliphatic rings. The van der Waals surface area contributed by atoms with E-state index in [1.807, 2.05) is 7.05 Å². The zero-order valence-corrected chi connectivity index (χ0v) is 17.9. The van der Waals surface area contributed by atoms with Crippen molar-refractivity contribution in [2.75, 3.05) is 38.1 Å². The number of piperazine rings is 1. The number of aryl methyl sites for hydroxylation is 1. The Morgan fingerprint density at radius 3 is 2.88 bits per heavy atom. The maximum atomic E-state index is 12.6. The topological polar surface area (TPSA) is 121 Å². The molecule has 3 aromatic rings. The van der Waals surface area contributed by atoms with E-state index in [0.29, 0.717) is 44.3 Å². The van der Waals surface area contributed by atoms with E-state index in [1.165, 1.54) is 12.1 Å². The highest BCUT2D eigenvalue weighted by Crippen LogP contribution is 2.16. The minimum absolute atomic E-state index is 0.0767. The van der Waals surface area contributed by atoms with E-state index in [4.69, 9.17) is 0 Å². The fourth-order valence-corrected chi connectivity index (χ4v) is 3.88. The molecular formula is C21H26N8O3. The van der Waals surface area contributed by atoms with Gasteiger partial charge in [0.05, 0.1) is 24.5 Å². The SMILES string of the molecule is C=CC(=O)N1CCN(CCn2c(=O)ccc3cnc(Nc4cnn(C)c4)nc32)[C@@H](CO)C1. The smallest absolute Gasteiger partial charge is 0.252 e. The van der Waals surface area contributed by atoms with Crippen molar-refractivity contribution in [1.29, 1.82) is 0 Å². The van der Waals surface area contributed by atoms with Gasteiger partial charge in [0.15, 0.2) is 0 Å². The molecule has 2 N–H and O–H groups in total. The van der Waals surface area contributed by atoms with Crippen LogP contribution in [0.5, 0.6) is 0 Å². The molecule has 1 amide bonds. The van der Waals surface area contributed by atoms with Gasteiger partial charge in [-0.1, -0.05) is 6.58 Å². The summed E-state index contributed by atoms with van der Waals surface area (Å²) in [6.45, 7) is 5.96. The molecule has 1 fully saturated rings. The maximum absolute atomic E-state index is 12.6. The van der Waals surface area contributed by atoms with Crippen LogP contribution in [0.1, 0.15) is 0 Å². The lowest BCUT2D eigenvalue weighted by Gasteiger charge is -2.40. The number of anilines is 2. The van der Waals surface area contributed by atoms with Crippen LogP contribution in [-0.4, -0.2) is 84.0 Å². The van der Waals surface area contributed by atoms with Crippen molar-refractivity contribution in [2.24, 2.45) is 7.05 Å². The Balaban J connectivity index is 1.53. The number of fused-ring (bicyclic) bond motifs is 1. The zero-order chi connectivity index (χ0) is 22.7. The lowest BCUT2D eigenvalue weighted by Crippen LogP contribution is -2.56. The molecule has 0 aliphatic carbocycles. The van der Waals surface area contributed by atoms with E-state index in [-0.39, 0.29) is 24.1 Å². The van der Waals surface area contributed by atoms with Gasteiger partial charge in [-0.3, -0.25) is 23.7 Å². The van der Waals surface area contributed by atoms with Crippen molar-refractivity contribution in [3.8, 4) is 0 Å². The Labute approximate surface area is 184 Å². The molecule has 0 radical (unpaired) electrons. The molecule has 0 unspecified atom stereocenters. The first-order valence-electron chi connectivity index (χ1n) is 10.4. The molecule has 0 spiro atoms. The van der Waals surface area contributed by atoms with Crippen LogP contribution in [0.25, 0.3) is 11.0 Å². The minimum atomic E-state index is -0.198. The molecule has 11 heteroatoms. The van der Waals surface area contributed by atoms with E-state index in [1.54, 1.807) is 38.8 Å². The van der Waals surface area contributed by atoms with E-state index in [9.17, 15) is 14.7 Å². The van der Waals surface area contributed by atoms with Gasteiger partial charge < -0.3 is 15.3 Å². The molecule has 11 nitrogen and oxygen atoms in total. The first-order chi connectivity index (χ1) is 15.5. The number of aromatic nitrogens is 5. The van der Waals surface area contributed by atoms with Gasteiger partial charge in [0, 0.05) is 63.6 Å². The molecule has 1 saturated heterocycles. The van der Waals surface area contributed by atoms with Crippen molar-refractivity contribution in [3.63, 3.8) is 0 Å². The molecule has 0 aromatic carbocycles. The summed E-state index contributed by atoms with van der Waals surface area (Å²) in [6.07, 6.45) is 6.43. The highest BCUT2D eigenvalue weighted by molar-refractivity contribution is 5.87. The molecule has 1 atom stereocenters. The molecule has 168 valence electrons. The second-order valence-electron chi connectivity index (χ2n) is 7.68. The number of amides is 1. The molecular weight excluding hydrogens is 412 g/mol. The molecule has 0 saturated carbocycles. The first kappa shape index (κ1) is 21.7. The van der Waals surface area contributed by atoms with Crippen molar-refractivity contribution in [2.45, 2.75) is 12.6 Å². The summed E-state index contributed by atoms with van der Waals surface area (Å²) in [5.41, 5.74) is 1.11. The average Bonchev–Trinajstić information content (AvgIpc) is 3.22. The van der Waals surface area contributed by atoms with Crippen molar-refractivity contribution in [3.05, 3.63) is 53.7 Å². The largest absolute Gasteiger partial charge is 0.395 e. The quantitative estimate of drug-likeness (QED) is 0.493. The number of rotatable bonds is 7. The van der Waals surface area contributed by atoms with Crippen molar-refractivity contribution >= 4 is 28.6 Å². The Morgan fingerprint density at radius 2 is 2.16 bits per heavy atom. The Morgan fingerprint density at radius 1 is 1.31 bits per heavy atom. The van der Waals surface area contributed by atoms with Crippen molar-refractivity contribution < 1.29 is 9.90 Å². The lowest BCUT2D eigenvalue weighted by atomic mass is 10.1. The van der Waals surface area contributed by atoms with Crippen LogP contribution in [0.15, 0.2) is 48.2 Å². The van der Waals surface area contributed by atoms with Gasteiger partial charge in [-0.05, 0) is 12.1 Å². The number of nitrogens with zero attached hydrogens (tertiary/aromatic N) is 7. The summed E-state index contributed by atoms with van der Waals surface area (Å²) >= 11 is 0. The van der Waals surface area contributed by atoms with E-state index in [2.05, 4.69) is 31.9 Å². The zero-order valence-electron chi connectivity index (χ0n) is 17.9. The average molecular weight is 438 g/mol. The van der Waals surface area contributed by atoms with E-state index < -0.39 is 0 Å². The molecule has 4 rings (SSSR count). The number of aliphatic hydroxyl groups is 1. The van der Waals surface area contributed by atoms with Crippen LogP contribution in [-0.2, 0) is 18.4 Å². The Kier molecular flexibility index (Phi) is 6.28. The third-order valence-corrected chi connectivity index (χ3v) is 5.60. The standard InChI is InChI=1S/C21H26N8O3/c1-3-18(31)28-7-6-27(17(13-28)14-30)8-9-29-19(32)5-4-15-10-22-21(25-20(15)29)24-16-11-23-26(2)12-16/h3-5,10-12,17,30H,1,6-9,13-14H2,2H3,(H,22,24,25)/t17-/m1/s1. The van der Waals surface area contributed by atoms with E-state index in [0.717, 1.165) is 11.1 Å². The Hall–Kier alpha value is -3.57. The second kappa shape index (κ2) is 9.28. The van der Waals surface area contributed by atoms with Gasteiger partial charge in [-0.25, -0.2) is 4.98 Å². The molecule has 3 aromatic heterocycles. The van der Waals surface area contributed by atoms with Crippen LogP contribution in [0.4, 0.5) is 11.6 Å². The summed E-state index contributed by atoms with van der Waals surface area (Å²) in [5.74, 6) is 0.230. The van der Waals surface area contributed by atoms with E-state index >= 15 is 0 Å². The summed E-state index contributed by atoms with van der Waals surface area (Å²) in [7, 11) is 1.82. The molecule has 4 heterocycles. The summed E-state index contributed by atoms with van der Waals surface area (Å²) < 4.78 is 3.28. The Bertz CT molecular complexity index is 1190. The summed E-state index contributed by atoms with van der Waals surface area (Å²) in [6, 6.07) is 3.01. The molecule has 32 heavy (non-hydrogen) atoms. The normalized spacial score (nSPS) is 16.9. The number of aliphatic hydroxyl groups excluding tert-OH is 1. The number of hydrogen-bond acceptors (Lipinski definition) is 8. The first-order valence-corrected chi connectivity index (χ1v) is 10.4. The van der Waals surface area contributed by atoms with Gasteiger partial charge in [-0.2, -0.15) is 10.1 Å². The highest BCUT2D eigenvalue weighted by Gasteiger charge is 2.28. The monoisotopic (exact) mass is 438 g/mol.